The fourth-order valence-corrected chi connectivity index (χ4v) is 5.18. The highest BCUT2D eigenvalue weighted by atomic mass is 17.2. The average molecular weight is 470 g/mol. The molecule has 0 aliphatic carbocycles. The van der Waals surface area contributed by atoms with Gasteiger partial charge in [0.15, 0.2) is 12.5 Å². The quantitative estimate of drug-likeness (QED) is 0.169. The molecule has 0 radical (unpaired) electrons. The van der Waals surface area contributed by atoms with Crippen LogP contribution in [0.15, 0.2) is 60.7 Å². The summed E-state index contributed by atoms with van der Waals surface area (Å²) in [4.78, 5) is 23.1. The molecule has 35 heavy (non-hydrogen) atoms. The Balaban J connectivity index is 1.58. The largest absolute Gasteiger partial charge is 0.478 e. The normalized spacial score (nSPS) is 20.4. The standard InChI is InChI=1S/C29H27NO5/c1-15(2)27-33-28(29(3,4)35-34-27)30-23-14-13-20-16-7-5-9-18-21(26(31)32)12-11-19(24(16)18)17-8-6-10-22(23)25(17)20/h5-15,27-28,30H,1-4H3,(H,31,32). The van der Waals surface area contributed by atoms with Crippen LogP contribution in [0.5, 0.6) is 0 Å². The van der Waals surface area contributed by atoms with E-state index in [1.165, 1.54) is 0 Å². The molecule has 1 heterocycles. The van der Waals surface area contributed by atoms with Crippen LogP contribution in [-0.2, 0) is 14.5 Å². The SMILES string of the molecule is CC(C)C1OOC(C)(C)C(Nc2ccc3c4cccc5c(C(=O)O)ccc(c6cccc2c36)c54)O1. The number of carbonyl (C=O) groups is 1. The zero-order valence-corrected chi connectivity index (χ0v) is 20.1. The van der Waals surface area contributed by atoms with Crippen molar-refractivity contribution < 1.29 is 24.4 Å². The summed E-state index contributed by atoms with van der Waals surface area (Å²) in [6, 6.07) is 19.9. The molecule has 0 saturated carbocycles. The lowest BCUT2D eigenvalue weighted by atomic mass is 9.88. The monoisotopic (exact) mass is 469 g/mol. The molecule has 2 N–H and O–H groups in total. The maximum Gasteiger partial charge on any atom is 0.336 e. The third-order valence-electron chi connectivity index (χ3n) is 6.98. The number of rotatable bonds is 4. The molecule has 1 aliphatic rings. The first-order chi connectivity index (χ1) is 16.8. The van der Waals surface area contributed by atoms with Gasteiger partial charge >= 0.3 is 5.97 Å². The maximum absolute atomic E-state index is 11.9. The van der Waals surface area contributed by atoms with Gasteiger partial charge in [-0.05, 0) is 63.7 Å². The van der Waals surface area contributed by atoms with Crippen LogP contribution in [0.1, 0.15) is 38.1 Å². The number of nitrogens with one attached hydrogen (secondary N) is 1. The van der Waals surface area contributed by atoms with Crippen molar-refractivity contribution in [1.82, 2.24) is 0 Å². The fraction of sp³-hybridized carbons (Fsp3) is 0.276. The molecule has 2 unspecified atom stereocenters. The molecule has 0 aromatic heterocycles. The summed E-state index contributed by atoms with van der Waals surface area (Å²) in [6.45, 7) is 7.92. The van der Waals surface area contributed by atoms with Gasteiger partial charge in [-0.15, -0.1) is 0 Å². The second-order valence-electron chi connectivity index (χ2n) is 10.1. The minimum Gasteiger partial charge on any atom is -0.478 e. The van der Waals surface area contributed by atoms with Crippen LogP contribution < -0.4 is 5.32 Å². The Morgan fingerprint density at radius 1 is 0.857 bits per heavy atom. The first-order valence-corrected chi connectivity index (χ1v) is 11.9. The molecule has 1 saturated heterocycles. The van der Waals surface area contributed by atoms with Crippen LogP contribution >= 0.6 is 0 Å². The lowest BCUT2D eigenvalue weighted by Crippen LogP contribution is -2.54. The van der Waals surface area contributed by atoms with Gasteiger partial charge in [0, 0.05) is 17.0 Å². The summed E-state index contributed by atoms with van der Waals surface area (Å²) >= 11 is 0. The molecule has 178 valence electrons. The van der Waals surface area contributed by atoms with Gasteiger partial charge in [0.05, 0.1) is 5.56 Å². The second-order valence-corrected chi connectivity index (χ2v) is 10.1. The van der Waals surface area contributed by atoms with Gasteiger partial charge in [-0.1, -0.05) is 62.4 Å². The summed E-state index contributed by atoms with van der Waals surface area (Å²) in [6.07, 6.45) is -0.883. The number of ether oxygens (including phenoxy) is 1. The summed E-state index contributed by atoms with van der Waals surface area (Å²) in [5.74, 6) is -0.780. The Bertz CT molecular complexity index is 1590. The summed E-state index contributed by atoms with van der Waals surface area (Å²) < 4.78 is 6.24. The number of hydrogen-bond acceptors (Lipinski definition) is 5. The Morgan fingerprint density at radius 2 is 1.43 bits per heavy atom. The minimum absolute atomic E-state index is 0.138. The van der Waals surface area contributed by atoms with E-state index in [0.717, 1.165) is 48.8 Å². The van der Waals surface area contributed by atoms with E-state index in [-0.39, 0.29) is 5.92 Å². The van der Waals surface area contributed by atoms with Crippen molar-refractivity contribution in [3.8, 4) is 0 Å². The lowest BCUT2D eigenvalue weighted by Gasteiger charge is -2.42. The third kappa shape index (κ3) is 3.32. The molecule has 5 aromatic carbocycles. The number of aromatic carboxylic acids is 1. The lowest BCUT2D eigenvalue weighted by molar-refractivity contribution is -0.485. The zero-order chi connectivity index (χ0) is 24.5. The molecule has 0 amide bonds. The van der Waals surface area contributed by atoms with E-state index in [1.807, 2.05) is 52.0 Å². The van der Waals surface area contributed by atoms with Crippen LogP contribution in [0.4, 0.5) is 5.69 Å². The minimum atomic E-state index is -0.918. The molecule has 1 aliphatic heterocycles. The van der Waals surface area contributed by atoms with Gasteiger partial charge in [-0.25, -0.2) is 14.6 Å². The third-order valence-corrected chi connectivity index (χ3v) is 6.98. The number of fused-ring (bicyclic) bond motifs is 2. The molecule has 6 nitrogen and oxygen atoms in total. The predicted octanol–water partition coefficient (Wildman–Crippen LogP) is 6.91. The summed E-state index contributed by atoms with van der Waals surface area (Å²) in [5, 5.41) is 21.5. The molecule has 6 heteroatoms. The predicted molar refractivity (Wildman–Crippen MR) is 138 cm³/mol. The zero-order valence-electron chi connectivity index (χ0n) is 20.1. The van der Waals surface area contributed by atoms with Gasteiger partial charge < -0.3 is 15.2 Å². The van der Waals surface area contributed by atoms with Crippen LogP contribution in [0.3, 0.4) is 0 Å². The van der Waals surface area contributed by atoms with E-state index < -0.39 is 24.1 Å². The maximum atomic E-state index is 11.9. The van der Waals surface area contributed by atoms with Crippen LogP contribution in [0, 0.1) is 5.92 Å². The molecule has 2 atom stereocenters. The Morgan fingerprint density at radius 3 is 2.09 bits per heavy atom. The van der Waals surface area contributed by atoms with E-state index in [1.54, 1.807) is 6.07 Å². The van der Waals surface area contributed by atoms with Crippen molar-refractivity contribution in [3.63, 3.8) is 0 Å². The molecule has 5 aromatic rings. The first kappa shape index (κ1) is 22.0. The number of carboxylic acid groups (broad SMARTS) is 1. The van der Waals surface area contributed by atoms with E-state index in [4.69, 9.17) is 14.5 Å². The molecular formula is C29H27NO5. The molecule has 6 rings (SSSR count). The molecular weight excluding hydrogens is 442 g/mol. The summed E-state index contributed by atoms with van der Waals surface area (Å²) in [5.41, 5.74) is 0.559. The smallest absolute Gasteiger partial charge is 0.336 e. The van der Waals surface area contributed by atoms with Gasteiger partial charge in [0.1, 0.15) is 5.60 Å². The van der Waals surface area contributed by atoms with E-state index in [0.29, 0.717) is 5.56 Å². The van der Waals surface area contributed by atoms with Crippen molar-refractivity contribution in [2.45, 2.75) is 45.8 Å². The average Bonchev–Trinajstić information content (AvgIpc) is 2.83. The Hall–Kier alpha value is -3.45. The number of anilines is 1. The Kier molecular flexibility index (Phi) is 4.90. The number of carboxylic acids is 1. The fourth-order valence-electron chi connectivity index (χ4n) is 5.18. The highest BCUT2D eigenvalue weighted by Gasteiger charge is 2.41. The van der Waals surface area contributed by atoms with Crippen LogP contribution in [0.25, 0.3) is 43.1 Å². The van der Waals surface area contributed by atoms with Crippen LogP contribution in [-0.4, -0.2) is 29.2 Å². The number of benzene rings is 5. The Labute approximate surface area is 202 Å². The second kappa shape index (κ2) is 7.78. The van der Waals surface area contributed by atoms with E-state index in [9.17, 15) is 9.90 Å². The summed E-state index contributed by atoms with van der Waals surface area (Å²) in [7, 11) is 0. The van der Waals surface area contributed by atoms with Gasteiger partial charge in [0.2, 0.25) is 0 Å². The van der Waals surface area contributed by atoms with E-state index >= 15 is 0 Å². The highest BCUT2D eigenvalue weighted by Crippen LogP contribution is 2.43. The van der Waals surface area contributed by atoms with Crippen molar-refractivity contribution in [2.24, 2.45) is 5.92 Å². The van der Waals surface area contributed by atoms with Crippen molar-refractivity contribution >= 4 is 54.7 Å². The van der Waals surface area contributed by atoms with Gasteiger partial charge in [-0.2, -0.15) is 0 Å². The molecule has 1 fully saturated rings. The van der Waals surface area contributed by atoms with Crippen molar-refractivity contribution in [1.29, 1.82) is 0 Å². The molecule has 0 spiro atoms. The van der Waals surface area contributed by atoms with Crippen molar-refractivity contribution in [2.75, 3.05) is 5.32 Å². The van der Waals surface area contributed by atoms with E-state index in [2.05, 4.69) is 35.6 Å². The first-order valence-electron chi connectivity index (χ1n) is 11.9. The highest BCUT2D eigenvalue weighted by molar-refractivity contribution is 6.35. The van der Waals surface area contributed by atoms with Gasteiger partial charge in [-0.3, -0.25) is 0 Å². The van der Waals surface area contributed by atoms with Crippen LogP contribution in [0.2, 0.25) is 0 Å². The topological polar surface area (TPSA) is 77.0 Å². The van der Waals surface area contributed by atoms with Gasteiger partial charge in [0.25, 0.3) is 0 Å². The molecule has 0 bridgehead atoms. The van der Waals surface area contributed by atoms with Crippen molar-refractivity contribution in [3.05, 3.63) is 66.2 Å². The number of hydrogen-bond donors (Lipinski definition) is 2.